The Kier molecular flexibility index (Phi) is 11.6. The lowest BCUT2D eigenvalue weighted by atomic mass is 9.98. The summed E-state index contributed by atoms with van der Waals surface area (Å²) in [5.41, 5.74) is 3.21. The van der Waals surface area contributed by atoms with Gasteiger partial charge in [0.1, 0.15) is 5.56 Å². The van der Waals surface area contributed by atoms with E-state index in [4.69, 9.17) is 9.47 Å². The lowest BCUT2D eigenvalue weighted by Gasteiger charge is -2.39. The normalized spacial score (nSPS) is 20.2. The molecule has 6 nitrogen and oxygen atoms in total. The second-order valence-corrected chi connectivity index (χ2v) is 12.9. The van der Waals surface area contributed by atoms with Crippen molar-refractivity contribution in [3.05, 3.63) is 130 Å². The van der Waals surface area contributed by atoms with Crippen LogP contribution in [0.15, 0.2) is 72.8 Å². The highest BCUT2D eigenvalue weighted by molar-refractivity contribution is 5.94. The van der Waals surface area contributed by atoms with Crippen molar-refractivity contribution < 1.29 is 41.3 Å². The summed E-state index contributed by atoms with van der Waals surface area (Å²) in [4.78, 5) is 15.0. The number of nitrogens with one attached hydrogen (secondary N) is 1. The van der Waals surface area contributed by atoms with Gasteiger partial charge in [0, 0.05) is 25.1 Å². The molecule has 6 rings (SSSR count). The minimum atomic E-state index is -2.33. The van der Waals surface area contributed by atoms with Gasteiger partial charge in [-0.25, -0.2) is 22.0 Å². The highest BCUT2D eigenvalue weighted by atomic mass is 19.2. The maximum atomic E-state index is 14.2. The summed E-state index contributed by atoms with van der Waals surface area (Å²) >= 11 is 0. The van der Waals surface area contributed by atoms with Crippen molar-refractivity contribution in [1.29, 1.82) is 0 Å². The van der Waals surface area contributed by atoms with E-state index in [9.17, 15) is 31.9 Å². The van der Waals surface area contributed by atoms with Crippen molar-refractivity contribution in [3.8, 4) is 11.1 Å². The Morgan fingerprint density at radius 2 is 1.34 bits per heavy atom. The van der Waals surface area contributed by atoms with Gasteiger partial charge in [0.25, 0.3) is 5.91 Å². The number of ether oxygens (including phenoxy) is 2. The molecular formula is C39H39F5N2O4. The van der Waals surface area contributed by atoms with Gasteiger partial charge in [0.2, 0.25) is 5.82 Å². The molecule has 2 N–H and O–H groups in total. The minimum Gasteiger partial charge on any atom is -0.392 e. The zero-order valence-electron chi connectivity index (χ0n) is 27.4. The molecule has 1 amide bonds. The average molecular weight is 695 g/mol. The van der Waals surface area contributed by atoms with Crippen LogP contribution < -0.4 is 5.32 Å². The first-order valence-corrected chi connectivity index (χ1v) is 16.9. The summed E-state index contributed by atoms with van der Waals surface area (Å²) in [7, 11) is 0. The van der Waals surface area contributed by atoms with Gasteiger partial charge in [-0.15, -0.1) is 0 Å². The van der Waals surface area contributed by atoms with Crippen molar-refractivity contribution in [1.82, 2.24) is 10.2 Å². The lowest BCUT2D eigenvalue weighted by molar-refractivity contribution is -0.253. The number of hydrogen-bond donors (Lipinski definition) is 2. The summed E-state index contributed by atoms with van der Waals surface area (Å²) in [6.07, 6.45) is 5.80. The number of carbonyl (C=O) groups excluding carboxylic acids is 1. The maximum absolute atomic E-state index is 14.2. The van der Waals surface area contributed by atoms with E-state index in [0.717, 1.165) is 47.5 Å². The molecule has 0 radical (unpaired) electrons. The number of aliphatic hydroxyl groups excluding tert-OH is 1. The SMILES string of the molecule is O=C(NCc1cccc(-c2cccc([C@@H]3O[C@H](CN4CCCCCCC4)C[C@H](c4ccc(CO)cc4)O3)c2)c1)c1c(F)c(F)c(F)c(F)c1F. The molecule has 0 spiro atoms. The van der Waals surface area contributed by atoms with Gasteiger partial charge in [-0.3, -0.25) is 4.79 Å². The molecule has 0 unspecified atom stereocenters. The molecule has 0 aromatic heterocycles. The van der Waals surface area contributed by atoms with Crippen LogP contribution >= 0.6 is 0 Å². The van der Waals surface area contributed by atoms with Crippen LogP contribution in [-0.2, 0) is 22.6 Å². The zero-order chi connectivity index (χ0) is 35.2. The first kappa shape index (κ1) is 35.7. The van der Waals surface area contributed by atoms with Crippen LogP contribution in [0.2, 0.25) is 0 Å². The smallest absolute Gasteiger partial charge is 0.257 e. The van der Waals surface area contributed by atoms with Gasteiger partial charge in [0.15, 0.2) is 29.6 Å². The van der Waals surface area contributed by atoms with Crippen molar-refractivity contribution in [2.75, 3.05) is 19.6 Å². The van der Waals surface area contributed by atoms with E-state index in [0.29, 0.717) is 12.0 Å². The molecule has 11 heteroatoms. The zero-order valence-corrected chi connectivity index (χ0v) is 27.4. The molecule has 264 valence electrons. The Hall–Kier alpha value is -4.16. The van der Waals surface area contributed by atoms with E-state index in [2.05, 4.69) is 10.2 Å². The van der Waals surface area contributed by atoms with Crippen molar-refractivity contribution >= 4 is 5.91 Å². The molecule has 2 aliphatic heterocycles. The fourth-order valence-corrected chi connectivity index (χ4v) is 6.62. The molecule has 50 heavy (non-hydrogen) atoms. The van der Waals surface area contributed by atoms with Crippen LogP contribution in [0.3, 0.4) is 0 Å². The van der Waals surface area contributed by atoms with E-state index in [-0.39, 0.29) is 25.4 Å². The fraction of sp³-hybridized carbons (Fsp3) is 0.359. The van der Waals surface area contributed by atoms with Crippen LogP contribution in [0.4, 0.5) is 22.0 Å². The Morgan fingerprint density at radius 3 is 2.02 bits per heavy atom. The first-order chi connectivity index (χ1) is 24.2. The van der Waals surface area contributed by atoms with Gasteiger partial charge in [-0.2, -0.15) is 0 Å². The number of hydrogen-bond acceptors (Lipinski definition) is 5. The molecule has 2 heterocycles. The Morgan fingerprint density at radius 1 is 0.720 bits per heavy atom. The number of benzene rings is 4. The van der Waals surface area contributed by atoms with Gasteiger partial charge in [-0.05, 0) is 65.9 Å². The highest BCUT2D eigenvalue weighted by Crippen LogP contribution is 2.39. The molecule has 0 aliphatic carbocycles. The van der Waals surface area contributed by atoms with Crippen LogP contribution in [0.1, 0.15) is 83.5 Å². The molecule has 2 fully saturated rings. The van der Waals surface area contributed by atoms with Crippen LogP contribution in [0.5, 0.6) is 0 Å². The second-order valence-electron chi connectivity index (χ2n) is 12.9. The third kappa shape index (κ3) is 8.24. The molecule has 0 bridgehead atoms. The summed E-state index contributed by atoms with van der Waals surface area (Å²) < 4.78 is 82.3. The standard InChI is InChI=1S/C39H39F5N2O4/c40-33-32(34(41)36(43)37(44)35(33)42)38(48)45-21-25-8-6-9-27(18-25)28-10-7-11-29(19-28)39-49-30(22-46-16-4-2-1-3-5-17-46)20-31(50-39)26-14-12-24(23-47)13-15-26/h6-15,18-19,30-31,39,47H,1-5,16-17,20-23H2,(H,45,48)/t30-,31+,39+/m0/s1. The summed E-state index contributed by atoms with van der Waals surface area (Å²) in [6.45, 7) is 2.60. The Labute approximate surface area is 287 Å². The molecular weight excluding hydrogens is 655 g/mol. The third-order valence-electron chi connectivity index (χ3n) is 9.33. The Balaban J connectivity index is 1.20. The molecule has 0 saturated carbocycles. The molecule has 2 aliphatic rings. The largest absolute Gasteiger partial charge is 0.392 e. The third-order valence-corrected chi connectivity index (χ3v) is 9.33. The quantitative estimate of drug-likeness (QED) is 0.105. The summed E-state index contributed by atoms with van der Waals surface area (Å²) in [6, 6.07) is 22.5. The number of carbonyl (C=O) groups is 1. The van der Waals surface area contributed by atoms with Crippen molar-refractivity contribution in [3.63, 3.8) is 0 Å². The fourth-order valence-electron chi connectivity index (χ4n) is 6.62. The monoisotopic (exact) mass is 694 g/mol. The second kappa shape index (κ2) is 16.2. The van der Waals surface area contributed by atoms with E-state index in [1.165, 1.54) is 32.1 Å². The summed E-state index contributed by atoms with van der Waals surface area (Å²) in [5, 5.41) is 11.8. The van der Waals surface area contributed by atoms with Crippen LogP contribution in [0.25, 0.3) is 11.1 Å². The predicted molar refractivity (Wildman–Crippen MR) is 177 cm³/mol. The molecule has 3 atom stereocenters. The van der Waals surface area contributed by atoms with E-state index in [1.807, 2.05) is 54.6 Å². The van der Waals surface area contributed by atoms with Crippen LogP contribution in [0, 0.1) is 29.1 Å². The van der Waals surface area contributed by atoms with Gasteiger partial charge < -0.3 is 24.8 Å². The van der Waals surface area contributed by atoms with E-state index >= 15 is 0 Å². The molecule has 2 saturated heterocycles. The van der Waals surface area contributed by atoms with Gasteiger partial charge in [-0.1, -0.05) is 79.9 Å². The lowest BCUT2D eigenvalue weighted by Crippen LogP contribution is -2.40. The predicted octanol–water partition coefficient (Wildman–Crippen LogP) is 8.28. The first-order valence-electron chi connectivity index (χ1n) is 16.9. The average Bonchev–Trinajstić information content (AvgIpc) is 3.13. The van der Waals surface area contributed by atoms with Crippen molar-refractivity contribution in [2.45, 2.75) is 70.2 Å². The number of amides is 1. The molecule has 4 aromatic carbocycles. The van der Waals surface area contributed by atoms with Gasteiger partial charge >= 0.3 is 0 Å². The number of aliphatic hydroxyl groups is 1. The minimum absolute atomic E-state index is 0.0409. The number of likely N-dealkylation sites (tertiary alicyclic amines) is 1. The maximum Gasteiger partial charge on any atom is 0.257 e. The van der Waals surface area contributed by atoms with E-state index in [1.54, 1.807) is 18.2 Å². The highest BCUT2D eigenvalue weighted by Gasteiger charge is 2.34. The molecule has 4 aromatic rings. The number of halogens is 5. The van der Waals surface area contributed by atoms with E-state index < -0.39 is 46.8 Å². The Bertz CT molecular complexity index is 1770. The number of nitrogens with zero attached hydrogens (tertiary/aromatic N) is 1. The van der Waals surface area contributed by atoms with Crippen LogP contribution in [-0.4, -0.2) is 41.7 Å². The topological polar surface area (TPSA) is 71.0 Å². The van der Waals surface area contributed by atoms with Crippen molar-refractivity contribution in [2.24, 2.45) is 0 Å². The number of rotatable bonds is 9. The summed E-state index contributed by atoms with van der Waals surface area (Å²) in [5.74, 6) is -12.5. The van der Waals surface area contributed by atoms with Gasteiger partial charge in [0.05, 0.1) is 18.8 Å².